The fourth-order valence-corrected chi connectivity index (χ4v) is 0.460. The molecule has 0 aliphatic rings. The molecule has 0 aromatic heterocycles. The summed E-state index contributed by atoms with van der Waals surface area (Å²) in [6.07, 6.45) is 0.750. The van der Waals surface area contributed by atoms with Crippen LogP contribution in [0.15, 0.2) is 12.0 Å². The topological polar surface area (TPSA) is 49.7 Å². The SMILES string of the molecule is COC(=CO)C(C)(C)O. The summed E-state index contributed by atoms with van der Waals surface area (Å²) in [6, 6.07) is 0. The standard InChI is InChI=1S/C6H12O3/c1-6(2,8)5(4-7)9-3/h4,7-8H,1-3H3. The van der Waals surface area contributed by atoms with Crippen LogP contribution < -0.4 is 0 Å². The van der Waals surface area contributed by atoms with E-state index in [1.54, 1.807) is 0 Å². The maximum atomic E-state index is 9.12. The fourth-order valence-electron chi connectivity index (χ4n) is 0.460. The summed E-state index contributed by atoms with van der Waals surface area (Å²) >= 11 is 0. The van der Waals surface area contributed by atoms with Gasteiger partial charge in [0, 0.05) is 0 Å². The Kier molecular flexibility index (Phi) is 2.52. The summed E-state index contributed by atoms with van der Waals surface area (Å²) in [7, 11) is 1.39. The van der Waals surface area contributed by atoms with Crippen LogP contribution in [0.4, 0.5) is 0 Å². The van der Waals surface area contributed by atoms with E-state index in [1.165, 1.54) is 21.0 Å². The van der Waals surface area contributed by atoms with Gasteiger partial charge in [0.05, 0.1) is 7.11 Å². The van der Waals surface area contributed by atoms with Crippen molar-refractivity contribution in [3.8, 4) is 0 Å². The minimum atomic E-state index is -1.09. The lowest BCUT2D eigenvalue weighted by molar-refractivity contribution is 0.0498. The number of hydrogen-bond donors (Lipinski definition) is 2. The molecule has 3 heteroatoms. The maximum absolute atomic E-state index is 9.12. The average Bonchev–Trinajstić information content (AvgIpc) is 1.65. The molecule has 0 aliphatic carbocycles. The molecule has 0 atom stereocenters. The van der Waals surface area contributed by atoms with E-state index in [4.69, 9.17) is 10.2 Å². The number of ether oxygens (including phenoxy) is 1. The van der Waals surface area contributed by atoms with Gasteiger partial charge < -0.3 is 14.9 Å². The van der Waals surface area contributed by atoms with Gasteiger partial charge in [0.25, 0.3) is 0 Å². The van der Waals surface area contributed by atoms with E-state index in [1.807, 2.05) is 0 Å². The number of aliphatic hydroxyl groups excluding tert-OH is 1. The minimum Gasteiger partial charge on any atom is -0.512 e. The van der Waals surface area contributed by atoms with Crippen LogP contribution in [0.1, 0.15) is 13.8 Å². The van der Waals surface area contributed by atoms with Gasteiger partial charge in [-0.2, -0.15) is 0 Å². The van der Waals surface area contributed by atoms with Crippen molar-refractivity contribution in [3.05, 3.63) is 12.0 Å². The van der Waals surface area contributed by atoms with Crippen molar-refractivity contribution in [1.82, 2.24) is 0 Å². The van der Waals surface area contributed by atoms with Crippen LogP contribution in [-0.2, 0) is 4.74 Å². The van der Waals surface area contributed by atoms with Gasteiger partial charge in [-0.1, -0.05) is 0 Å². The molecule has 0 aromatic carbocycles. The highest BCUT2D eigenvalue weighted by molar-refractivity contribution is 5.01. The second kappa shape index (κ2) is 2.73. The van der Waals surface area contributed by atoms with Gasteiger partial charge in [0.15, 0.2) is 5.76 Å². The Balaban J connectivity index is 4.14. The van der Waals surface area contributed by atoms with E-state index >= 15 is 0 Å². The Bertz CT molecular complexity index is 110. The highest BCUT2D eigenvalue weighted by Crippen LogP contribution is 2.13. The van der Waals surface area contributed by atoms with Crippen molar-refractivity contribution in [2.75, 3.05) is 7.11 Å². The highest BCUT2D eigenvalue weighted by Gasteiger charge is 2.19. The van der Waals surface area contributed by atoms with Crippen molar-refractivity contribution in [1.29, 1.82) is 0 Å². The number of rotatable bonds is 2. The van der Waals surface area contributed by atoms with Crippen molar-refractivity contribution >= 4 is 0 Å². The zero-order valence-electron chi connectivity index (χ0n) is 5.88. The van der Waals surface area contributed by atoms with Crippen LogP contribution in [0.5, 0.6) is 0 Å². The van der Waals surface area contributed by atoms with Crippen LogP contribution in [0.2, 0.25) is 0 Å². The largest absolute Gasteiger partial charge is 0.512 e. The fraction of sp³-hybridized carbons (Fsp3) is 0.667. The molecule has 2 N–H and O–H groups in total. The third kappa shape index (κ3) is 2.37. The molecule has 0 saturated carbocycles. The quantitative estimate of drug-likeness (QED) is 0.546. The van der Waals surface area contributed by atoms with Crippen molar-refractivity contribution in [2.24, 2.45) is 0 Å². The Labute approximate surface area is 54.6 Å². The third-order valence-corrected chi connectivity index (χ3v) is 0.940. The molecule has 0 aromatic rings. The number of methoxy groups -OCH3 is 1. The van der Waals surface area contributed by atoms with E-state index in [9.17, 15) is 0 Å². The average molecular weight is 132 g/mol. The summed E-state index contributed by atoms with van der Waals surface area (Å²) < 4.78 is 4.62. The Morgan fingerprint density at radius 1 is 1.56 bits per heavy atom. The van der Waals surface area contributed by atoms with Crippen LogP contribution in [0.3, 0.4) is 0 Å². The lowest BCUT2D eigenvalue weighted by Crippen LogP contribution is -2.22. The predicted molar refractivity (Wildman–Crippen MR) is 34.0 cm³/mol. The molecule has 54 valence electrons. The van der Waals surface area contributed by atoms with E-state index < -0.39 is 5.60 Å². The van der Waals surface area contributed by atoms with E-state index in [2.05, 4.69) is 4.74 Å². The third-order valence-electron chi connectivity index (χ3n) is 0.940. The second-order valence-electron chi connectivity index (χ2n) is 2.26. The molecule has 0 aliphatic heterocycles. The van der Waals surface area contributed by atoms with E-state index in [-0.39, 0.29) is 5.76 Å². The molecule has 9 heavy (non-hydrogen) atoms. The van der Waals surface area contributed by atoms with Gasteiger partial charge >= 0.3 is 0 Å². The van der Waals surface area contributed by atoms with Crippen LogP contribution in [-0.4, -0.2) is 22.9 Å². The van der Waals surface area contributed by atoms with Gasteiger partial charge in [-0.15, -0.1) is 0 Å². The molecule has 0 bridgehead atoms. The molecule has 3 nitrogen and oxygen atoms in total. The zero-order chi connectivity index (χ0) is 7.49. The number of aliphatic hydroxyl groups is 2. The minimum absolute atomic E-state index is 0.155. The Hall–Kier alpha value is -0.700. The summed E-state index contributed by atoms with van der Waals surface area (Å²) in [4.78, 5) is 0. The van der Waals surface area contributed by atoms with Gasteiger partial charge in [0.2, 0.25) is 0 Å². The molecule has 0 fully saturated rings. The monoisotopic (exact) mass is 132 g/mol. The summed E-state index contributed by atoms with van der Waals surface area (Å²) in [5, 5.41) is 17.5. The maximum Gasteiger partial charge on any atom is 0.161 e. The Morgan fingerprint density at radius 3 is 2.00 bits per heavy atom. The van der Waals surface area contributed by atoms with E-state index in [0.717, 1.165) is 6.26 Å². The molecule has 0 amide bonds. The normalized spacial score (nSPS) is 13.6. The number of hydrogen-bond acceptors (Lipinski definition) is 3. The van der Waals surface area contributed by atoms with E-state index in [0.29, 0.717) is 0 Å². The summed E-state index contributed by atoms with van der Waals surface area (Å²) in [5.74, 6) is 0.155. The molecular formula is C6H12O3. The Morgan fingerprint density at radius 2 is 2.00 bits per heavy atom. The molecule has 0 spiro atoms. The molecule has 0 heterocycles. The van der Waals surface area contributed by atoms with Crippen LogP contribution in [0.25, 0.3) is 0 Å². The molecule has 0 unspecified atom stereocenters. The molecular weight excluding hydrogens is 120 g/mol. The first kappa shape index (κ1) is 8.30. The summed E-state index contributed by atoms with van der Waals surface area (Å²) in [5.41, 5.74) is -1.09. The van der Waals surface area contributed by atoms with Crippen LogP contribution >= 0.6 is 0 Å². The smallest absolute Gasteiger partial charge is 0.161 e. The first-order valence-corrected chi connectivity index (χ1v) is 2.63. The second-order valence-corrected chi connectivity index (χ2v) is 2.26. The van der Waals surface area contributed by atoms with Crippen molar-refractivity contribution in [2.45, 2.75) is 19.4 Å². The molecule has 0 radical (unpaired) electrons. The zero-order valence-corrected chi connectivity index (χ0v) is 5.88. The first-order valence-electron chi connectivity index (χ1n) is 2.63. The lowest BCUT2D eigenvalue weighted by atomic mass is 10.1. The summed E-state index contributed by atoms with van der Waals surface area (Å²) in [6.45, 7) is 3.05. The predicted octanol–water partition coefficient (Wildman–Crippen LogP) is 0.803. The lowest BCUT2D eigenvalue weighted by Gasteiger charge is -2.18. The van der Waals surface area contributed by atoms with Crippen molar-refractivity contribution in [3.63, 3.8) is 0 Å². The molecule has 0 rings (SSSR count). The van der Waals surface area contributed by atoms with Crippen LogP contribution in [0, 0.1) is 0 Å². The van der Waals surface area contributed by atoms with Crippen molar-refractivity contribution < 1.29 is 14.9 Å². The van der Waals surface area contributed by atoms with Gasteiger partial charge in [-0.3, -0.25) is 0 Å². The first-order chi connectivity index (χ1) is 4.02. The highest BCUT2D eigenvalue weighted by atomic mass is 16.5. The molecule has 0 saturated heterocycles. The van der Waals surface area contributed by atoms with Gasteiger partial charge in [-0.05, 0) is 13.8 Å². The van der Waals surface area contributed by atoms with Gasteiger partial charge in [0.1, 0.15) is 11.9 Å². The van der Waals surface area contributed by atoms with Gasteiger partial charge in [-0.25, -0.2) is 0 Å².